The fourth-order valence-corrected chi connectivity index (χ4v) is 4.68. The molecule has 1 fully saturated rings. The van der Waals surface area contributed by atoms with E-state index in [1.807, 2.05) is 6.07 Å². The highest BCUT2D eigenvalue weighted by molar-refractivity contribution is 6.30. The molecule has 0 saturated carbocycles. The molecule has 7 nitrogen and oxygen atoms in total. The number of likely N-dealkylation sites (tertiary alicyclic amines) is 1. The maximum absolute atomic E-state index is 13.7. The number of halogens is 2. The molecule has 1 heterocycles. The number of rotatable bonds is 6. The number of benzene rings is 3. The fraction of sp³-hybridized carbons (Fsp3) is 0.250. The van der Waals surface area contributed by atoms with E-state index in [-0.39, 0.29) is 44.3 Å². The number of para-hydroxylation sites is 1. The average molecular weight is 524 g/mol. The second-order valence-corrected chi connectivity index (χ2v) is 9.54. The molecular weight excluding hydrogens is 497 g/mol. The Morgan fingerprint density at radius 2 is 1.43 bits per heavy atom. The van der Waals surface area contributed by atoms with E-state index in [1.54, 1.807) is 60.5 Å². The Hall–Kier alpha value is -3.91. The summed E-state index contributed by atoms with van der Waals surface area (Å²) in [5.41, 5.74) is 0.401. The van der Waals surface area contributed by atoms with Crippen molar-refractivity contribution < 1.29 is 23.9 Å². The molecule has 37 heavy (non-hydrogen) atoms. The van der Waals surface area contributed by atoms with Crippen LogP contribution in [0.25, 0.3) is 0 Å². The minimum Gasteiger partial charge on any atom is -0.481 e. The van der Waals surface area contributed by atoms with Crippen molar-refractivity contribution in [3.05, 3.63) is 89.7 Å². The first kappa shape index (κ1) is 26.2. The zero-order valence-corrected chi connectivity index (χ0v) is 21.1. The lowest BCUT2D eigenvalue weighted by Gasteiger charge is -2.40. The number of carbonyl (C=O) groups is 3. The summed E-state index contributed by atoms with van der Waals surface area (Å²) in [6.07, 6.45) is 0.0241. The second-order valence-electron chi connectivity index (χ2n) is 9.11. The summed E-state index contributed by atoms with van der Waals surface area (Å²) >= 11 is 6.04. The van der Waals surface area contributed by atoms with Crippen LogP contribution in [-0.4, -0.2) is 48.1 Å². The van der Waals surface area contributed by atoms with Crippen LogP contribution in [0.1, 0.15) is 19.3 Å². The highest BCUT2D eigenvalue weighted by Gasteiger charge is 2.45. The molecule has 3 aromatic carbocycles. The van der Waals surface area contributed by atoms with Crippen LogP contribution >= 0.6 is 11.6 Å². The van der Waals surface area contributed by atoms with Crippen LogP contribution in [0.2, 0.25) is 5.02 Å². The van der Waals surface area contributed by atoms with E-state index >= 15 is 0 Å². The minimum atomic E-state index is -1.32. The summed E-state index contributed by atoms with van der Waals surface area (Å²) in [6.45, 7) is 0.354. The molecule has 1 aliphatic rings. The molecule has 1 aliphatic heterocycles. The SMILES string of the molecule is CN(C(=O)N1CCC(CC(=O)N(c2ccccc2)c2ccc(Cl)cc2)(C(=O)O)CC1)c1ccc(F)cc1. The van der Waals surface area contributed by atoms with E-state index in [1.165, 1.54) is 34.1 Å². The molecule has 3 amide bonds. The van der Waals surface area contributed by atoms with E-state index in [0.717, 1.165) is 0 Å². The van der Waals surface area contributed by atoms with Gasteiger partial charge in [0.25, 0.3) is 0 Å². The number of anilines is 3. The smallest absolute Gasteiger partial charge is 0.324 e. The molecule has 9 heteroatoms. The lowest BCUT2D eigenvalue weighted by molar-refractivity contribution is -0.154. The van der Waals surface area contributed by atoms with E-state index in [2.05, 4.69) is 0 Å². The molecule has 4 rings (SSSR count). The summed E-state index contributed by atoms with van der Waals surface area (Å²) in [6, 6.07) is 21.0. The van der Waals surface area contributed by atoms with E-state index < -0.39 is 17.2 Å². The lowest BCUT2D eigenvalue weighted by atomic mass is 9.75. The van der Waals surface area contributed by atoms with Gasteiger partial charge in [-0.05, 0) is 73.5 Å². The molecular formula is C28H27ClFN3O4. The monoisotopic (exact) mass is 523 g/mol. The highest BCUT2D eigenvalue weighted by Crippen LogP contribution is 2.38. The number of aliphatic carboxylic acids is 1. The molecule has 0 aliphatic carbocycles. The quantitative estimate of drug-likeness (QED) is 0.432. The van der Waals surface area contributed by atoms with Crippen LogP contribution < -0.4 is 9.80 Å². The number of nitrogens with zero attached hydrogens (tertiary/aromatic N) is 3. The zero-order chi connectivity index (χ0) is 26.6. The third kappa shape index (κ3) is 5.75. The molecule has 0 unspecified atom stereocenters. The Bertz CT molecular complexity index is 1260. The van der Waals surface area contributed by atoms with Crippen molar-refractivity contribution in [1.29, 1.82) is 0 Å². The van der Waals surface area contributed by atoms with Gasteiger partial charge in [-0.1, -0.05) is 29.8 Å². The van der Waals surface area contributed by atoms with Gasteiger partial charge in [-0.3, -0.25) is 19.4 Å². The number of piperidine rings is 1. The Morgan fingerprint density at radius 1 is 0.892 bits per heavy atom. The van der Waals surface area contributed by atoms with Gasteiger partial charge in [0.1, 0.15) is 5.82 Å². The first-order valence-corrected chi connectivity index (χ1v) is 12.2. The van der Waals surface area contributed by atoms with Crippen LogP contribution in [0.15, 0.2) is 78.9 Å². The topological polar surface area (TPSA) is 81.2 Å². The van der Waals surface area contributed by atoms with Gasteiger partial charge >= 0.3 is 12.0 Å². The maximum Gasteiger partial charge on any atom is 0.324 e. The van der Waals surface area contributed by atoms with Crippen molar-refractivity contribution in [1.82, 2.24) is 4.90 Å². The fourth-order valence-electron chi connectivity index (χ4n) is 4.55. The zero-order valence-electron chi connectivity index (χ0n) is 20.3. The van der Waals surface area contributed by atoms with Gasteiger partial charge in [0.05, 0.1) is 5.41 Å². The molecule has 3 aromatic rings. The Kier molecular flexibility index (Phi) is 7.78. The van der Waals surface area contributed by atoms with Crippen molar-refractivity contribution in [2.45, 2.75) is 19.3 Å². The average Bonchev–Trinajstić information content (AvgIpc) is 2.90. The highest BCUT2D eigenvalue weighted by atomic mass is 35.5. The number of carbonyl (C=O) groups excluding carboxylic acids is 2. The summed E-state index contributed by atoms with van der Waals surface area (Å²) in [7, 11) is 1.59. The number of hydrogen-bond donors (Lipinski definition) is 1. The van der Waals surface area contributed by atoms with Gasteiger partial charge in [0.15, 0.2) is 0 Å². The maximum atomic E-state index is 13.7. The predicted molar refractivity (Wildman–Crippen MR) is 141 cm³/mol. The molecule has 0 atom stereocenters. The summed E-state index contributed by atoms with van der Waals surface area (Å²) < 4.78 is 13.3. The largest absolute Gasteiger partial charge is 0.481 e. The van der Waals surface area contributed by atoms with Gasteiger partial charge in [0.2, 0.25) is 5.91 Å². The van der Waals surface area contributed by atoms with Crippen LogP contribution in [0.5, 0.6) is 0 Å². The minimum absolute atomic E-state index is 0.125. The Balaban J connectivity index is 1.51. The number of carboxylic acids is 1. The number of hydrogen-bond acceptors (Lipinski definition) is 3. The van der Waals surface area contributed by atoms with Gasteiger partial charge in [-0.2, -0.15) is 0 Å². The third-order valence-electron chi connectivity index (χ3n) is 6.78. The predicted octanol–water partition coefficient (Wildman–Crippen LogP) is 5.96. The Labute approximate surface area is 219 Å². The third-order valence-corrected chi connectivity index (χ3v) is 7.04. The standard InChI is InChI=1S/C28H27ClFN3O4/c1-31(22-13-9-21(30)10-14-22)27(37)32-17-15-28(16-18-32,26(35)36)19-25(34)33(23-5-3-2-4-6-23)24-11-7-20(29)8-12-24/h2-14H,15-19H2,1H3,(H,35,36). The van der Waals surface area contributed by atoms with E-state index in [4.69, 9.17) is 11.6 Å². The molecule has 192 valence electrons. The molecule has 1 N–H and O–H groups in total. The van der Waals surface area contributed by atoms with Crippen molar-refractivity contribution in [3.63, 3.8) is 0 Å². The molecule has 1 saturated heterocycles. The normalized spacial score (nSPS) is 14.6. The summed E-state index contributed by atoms with van der Waals surface area (Å²) in [4.78, 5) is 43.6. The number of carboxylic acid groups (broad SMARTS) is 1. The van der Waals surface area contributed by atoms with Crippen molar-refractivity contribution in [3.8, 4) is 0 Å². The van der Waals surface area contributed by atoms with Crippen LogP contribution in [-0.2, 0) is 9.59 Å². The second kappa shape index (κ2) is 11.0. The van der Waals surface area contributed by atoms with E-state index in [9.17, 15) is 23.9 Å². The van der Waals surface area contributed by atoms with Crippen molar-refractivity contribution in [2.24, 2.45) is 5.41 Å². The van der Waals surface area contributed by atoms with Gasteiger partial charge in [0, 0.05) is 48.6 Å². The number of amides is 3. The van der Waals surface area contributed by atoms with Crippen LogP contribution in [0, 0.1) is 11.2 Å². The van der Waals surface area contributed by atoms with Crippen molar-refractivity contribution in [2.75, 3.05) is 29.9 Å². The van der Waals surface area contributed by atoms with Gasteiger partial charge in [-0.15, -0.1) is 0 Å². The molecule has 0 radical (unpaired) electrons. The summed E-state index contributed by atoms with van der Waals surface area (Å²) in [5.74, 6) is -1.83. The lowest BCUT2D eigenvalue weighted by Crippen LogP contribution is -2.51. The molecule has 0 aromatic heterocycles. The van der Waals surface area contributed by atoms with Crippen LogP contribution in [0.3, 0.4) is 0 Å². The van der Waals surface area contributed by atoms with E-state index in [0.29, 0.717) is 22.1 Å². The van der Waals surface area contributed by atoms with Gasteiger partial charge in [-0.25, -0.2) is 9.18 Å². The molecule has 0 bridgehead atoms. The van der Waals surface area contributed by atoms with Gasteiger partial charge < -0.3 is 10.0 Å². The van der Waals surface area contributed by atoms with Crippen molar-refractivity contribution >= 4 is 46.6 Å². The van der Waals surface area contributed by atoms with Crippen LogP contribution in [0.4, 0.5) is 26.2 Å². The first-order chi connectivity index (χ1) is 17.7. The summed E-state index contributed by atoms with van der Waals surface area (Å²) in [5, 5.41) is 10.7. The number of urea groups is 1. The molecule has 0 spiro atoms. The Morgan fingerprint density at radius 3 is 2.00 bits per heavy atom. The first-order valence-electron chi connectivity index (χ1n) is 11.9.